The molecular formula is C24H28F3N7O. The predicted molar refractivity (Wildman–Crippen MR) is 124 cm³/mol. The minimum atomic E-state index is -4.45. The Morgan fingerprint density at radius 3 is 2.69 bits per heavy atom. The van der Waals surface area contributed by atoms with E-state index in [0.717, 1.165) is 81.7 Å². The summed E-state index contributed by atoms with van der Waals surface area (Å²) >= 11 is 0. The number of alkyl halides is 3. The number of pyridine rings is 1. The van der Waals surface area contributed by atoms with Crippen LogP contribution in [-0.2, 0) is 18.0 Å². The highest BCUT2D eigenvalue weighted by Crippen LogP contribution is 2.33. The Hall–Kier alpha value is -3.05. The number of nitrogens with one attached hydrogen (secondary N) is 1. The van der Waals surface area contributed by atoms with E-state index in [9.17, 15) is 13.2 Å². The predicted octanol–water partition coefficient (Wildman–Crippen LogP) is 4.25. The zero-order valence-corrected chi connectivity index (χ0v) is 19.5. The Kier molecular flexibility index (Phi) is 6.70. The summed E-state index contributed by atoms with van der Waals surface area (Å²) in [4.78, 5) is 15.9. The molecule has 186 valence electrons. The summed E-state index contributed by atoms with van der Waals surface area (Å²) in [6.07, 6.45) is 3.34. The van der Waals surface area contributed by atoms with Crippen LogP contribution in [0.1, 0.15) is 36.4 Å². The molecule has 0 aliphatic carbocycles. The number of halogens is 3. The molecule has 5 rings (SSSR count). The number of aromatic nitrogens is 5. The van der Waals surface area contributed by atoms with Gasteiger partial charge in [-0.25, -0.2) is 15.0 Å². The molecular weight excluding hydrogens is 459 g/mol. The van der Waals surface area contributed by atoms with Crippen LogP contribution in [0.5, 0.6) is 0 Å². The van der Waals surface area contributed by atoms with Crippen molar-refractivity contribution in [3.63, 3.8) is 0 Å². The standard InChI is InChI=1S/C24H28F3N7O/c1-33-14-18(12-29-33)23-30-20(17-3-7-34(15-17)13-16-4-8-35-9-5-16)11-22(32-23)31-21-10-19(2-6-28-21)24(25,26)27/h2,6,10-12,14,16-17H,3-5,7-9,13,15H2,1H3,(H,28,30,31,32). The number of nitrogens with zero attached hydrogens (tertiary/aromatic N) is 6. The van der Waals surface area contributed by atoms with E-state index in [1.807, 2.05) is 19.3 Å². The summed E-state index contributed by atoms with van der Waals surface area (Å²) in [5, 5.41) is 7.17. The Balaban J connectivity index is 1.39. The lowest BCUT2D eigenvalue weighted by atomic mass is 10.00. The van der Waals surface area contributed by atoms with Gasteiger partial charge in [-0.1, -0.05) is 0 Å². The van der Waals surface area contributed by atoms with Crippen LogP contribution in [0.3, 0.4) is 0 Å². The van der Waals surface area contributed by atoms with Gasteiger partial charge in [-0.15, -0.1) is 0 Å². The third-order valence-electron chi connectivity index (χ3n) is 6.60. The van der Waals surface area contributed by atoms with Crippen LogP contribution in [0, 0.1) is 5.92 Å². The van der Waals surface area contributed by atoms with Gasteiger partial charge in [0.1, 0.15) is 11.6 Å². The summed E-state index contributed by atoms with van der Waals surface area (Å²) in [5.41, 5.74) is 0.838. The topological polar surface area (TPSA) is 81.0 Å². The Labute approximate surface area is 201 Å². The lowest BCUT2D eigenvalue weighted by Crippen LogP contribution is -2.30. The van der Waals surface area contributed by atoms with Gasteiger partial charge in [0.05, 0.1) is 23.0 Å². The molecule has 0 aromatic carbocycles. The molecule has 2 saturated heterocycles. The average Bonchev–Trinajstić information content (AvgIpc) is 3.48. The molecule has 0 amide bonds. The number of hydrogen-bond acceptors (Lipinski definition) is 7. The zero-order chi connectivity index (χ0) is 24.4. The van der Waals surface area contributed by atoms with Crippen LogP contribution in [-0.4, -0.2) is 62.5 Å². The van der Waals surface area contributed by atoms with Crippen molar-refractivity contribution in [2.75, 3.05) is 38.2 Å². The number of ether oxygens (including phenoxy) is 1. The first kappa shape index (κ1) is 23.7. The number of hydrogen-bond donors (Lipinski definition) is 1. The molecule has 3 aromatic rings. The number of rotatable bonds is 6. The molecule has 0 spiro atoms. The van der Waals surface area contributed by atoms with Crippen LogP contribution in [0.15, 0.2) is 36.8 Å². The van der Waals surface area contributed by atoms with Crippen molar-refractivity contribution in [1.82, 2.24) is 29.6 Å². The monoisotopic (exact) mass is 487 g/mol. The van der Waals surface area contributed by atoms with Crippen molar-refractivity contribution in [1.29, 1.82) is 0 Å². The molecule has 5 heterocycles. The van der Waals surface area contributed by atoms with E-state index in [1.165, 1.54) is 0 Å². The molecule has 3 aromatic heterocycles. The summed E-state index contributed by atoms with van der Waals surface area (Å²) < 4.78 is 46.6. The van der Waals surface area contributed by atoms with Gasteiger partial charge >= 0.3 is 6.18 Å². The second-order valence-electron chi connectivity index (χ2n) is 9.26. The van der Waals surface area contributed by atoms with Crippen LogP contribution in [0.25, 0.3) is 11.4 Å². The summed E-state index contributed by atoms with van der Waals surface area (Å²) in [6, 6.07) is 3.75. The van der Waals surface area contributed by atoms with Gasteiger partial charge in [-0.3, -0.25) is 4.68 Å². The van der Waals surface area contributed by atoms with E-state index >= 15 is 0 Å². The quantitative estimate of drug-likeness (QED) is 0.557. The molecule has 2 aliphatic rings. The van der Waals surface area contributed by atoms with Gasteiger partial charge in [-0.05, 0) is 43.9 Å². The third-order valence-corrected chi connectivity index (χ3v) is 6.60. The van der Waals surface area contributed by atoms with E-state index in [4.69, 9.17) is 9.72 Å². The smallest absolute Gasteiger partial charge is 0.381 e. The lowest BCUT2D eigenvalue weighted by molar-refractivity contribution is -0.137. The van der Waals surface area contributed by atoms with E-state index in [2.05, 4.69) is 25.3 Å². The molecule has 1 atom stereocenters. The first-order valence-electron chi connectivity index (χ1n) is 11.8. The van der Waals surface area contributed by atoms with E-state index in [1.54, 1.807) is 10.9 Å². The number of likely N-dealkylation sites (tertiary alicyclic amines) is 1. The van der Waals surface area contributed by atoms with Gasteiger partial charge in [0.25, 0.3) is 0 Å². The van der Waals surface area contributed by atoms with Gasteiger partial charge in [0.15, 0.2) is 5.82 Å². The van der Waals surface area contributed by atoms with E-state index in [-0.39, 0.29) is 11.7 Å². The highest BCUT2D eigenvalue weighted by Gasteiger charge is 2.31. The SMILES string of the molecule is Cn1cc(-c2nc(Nc3cc(C(F)(F)F)ccn3)cc(C3CCN(CC4CCOCC4)C3)n2)cn1. The average molecular weight is 488 g/mol. The van der Waals surface area contributed by atoms with Gasteiger partial charge in [0, 0.05) is 57.7 Å². The molecule has 2 aliphatic heterocycles. The first-order chi connectivity index (χ1) is 16.8. The molecule has 0 radical (unpaired) electrons. The molecule has 1 unspecified atom stereocenters. The second kappa shape index (κ2) is 9.90. The van der Waals surface area contributed by atoms with E-state index in [0.29, 0.717) is 17.6 Å². The number of anilines is 2. The molecule has 2 fully saturated rings. The van der Waals surface area contributed by atoms with E-state index < -0.39 is 11.7 Å². The molecule has 0 bridgehead atoms. The highest BCUT2D eigenvalue weighted by atomic mass is 19.4. The largest absolute Gasteiger partial charge is 0.416 e. The van der Waals surface area contributed by atoms with Crippen molar-refractivity contribution >= 4 is 11.6 Å². The summed E-state index contributed by atoms with van der Waals surface area (Å²) in [6.45, 7) is 4.61. The Morgan fingerprint density at radius 1 is 1.11 bits per heavy atom. The van der Waals surface area contributed by atoms with Crippen LogP contribution < -0.4 is 5.32 Å². The molecule has 35 heavy (non-hydrogen) atoms. The van der Waals surface area contributed by atoms with Crippen molar-refractivity contribution in [3.8, 4) is 11.4 Å². The third kappa shape index (κ3) is 5.79. The van der Waals surface area contributed by atoms with Crippen LogP contribution >= 0.6 is 0 Å². The maximum absolute atomic E-state index is 13.2. The fraction of sp³-hybridized carbons (Fsp3) is 0.500. The van der Waals surface area contributed by atoms with Crippen LogP contribution in [0.2, 0.25) is 0 Å². The lowest BCUT2D eigenvalue weighted by Gasteiger charge is -2.27. The van der Waals surface area contributed by atoms with Gasteiger partial charge < -0.3 is 15.0 Å². The minimum absolute atomic E-state index is 0.0779. The maximum Gasteiger partial charge on any atom is 0.416 e. The highest BCUT2D eigenvalue weighted by molar-refractivity contribution is 5.59. The van der Waals surface area contributed by atoms with Gasteiger partial charge in [0.2, 0.25) is 0 Å². The van der Waals surface area contributed by atoms with Crippen molar-refractivity contribution in [3.05, 3.63) is 48.0 Å². The molecule has 1 N–H and O–H groups in total. The normalized spacial score (nSPS) is 19.8. The van der Waals surface area contributed by atoms with Gasteiger partial charge in [-0.2, -0.15) is 18.3 Å². The first-order valence-corrected chi connectivity index (χ1v) is 11.8. The molecule has 11 heteroatoms. The summed E-state index contributed by atoms with van der Waals surface area (Å²) in [7, 11) is 1.81. The molecule has 0 saturated carbocycles. The number of aryl methyl sites for hydroxylation is 1. The Morgan fingerprint density at radius 2 is 1.94 bits per heavy atom. The fourth-order valence-electron chi connectivity index (χ4n) is 4.75. The van der Waals surface area contributed by atoms with Crippen molar-refractivity contribution < 1.29 is 17.9 Å². The fourth-order valence-corrected chi connectivity index (χ4v) is 4.75. The van der Waals surface area contributed by atoms with Crippen molar-refractivity contribution in [2.24, 2.45) is 13.0 Å². The zero-order valence-electron chi connectivity index (χ0n) is 19.5. The van der Waals surface area contributed by atoms with Crippen molar-refractivity contribution in [2.45, 2.75) is 31.4 Å². The van der Waals surface area contributed by atoms with Crippen LogP contribution in [0.4, 0.5) is 24.8 Å². The summed E-state index contributed by atoms with van der Waals surface area (Å²) in [5.74, 6) is 1.83. The maximum atomic E-state index is 13.2. The minimum Gasteiger partial charge on any atom is -0.381 e. The second-order valence-corrected chi connectivity index (χ2v) is 9.26. The Bertz CT molecular complexity index is 1160. The molecule has 8 nitrogen and oxygen atoms in total.